The molecule has 1 heterocycles. The molecule has 0 bridgehead atoms. The molecule has 2 nitrogen and oxygen atoms in total. The number of rotatable bonds is 6. The topological polar surface area (TPSA) is 28.7 Å². The molecule has 0 aliphatic rings. The van der Waals surface area contributed by atoms with E-state index in [0.717, 1.165) is 11.7 Å². The van der Waals surface area contributed by atoms with Crippen molar-refractivity contribution >= 4 is 0 Å². The second kappa shape index (κ2) is 5.90. The molecule has 2 heteroatoms. The van der Waals surface area contributed by atoms with Gasteiger partial charge in [-0.2, -0.15) is 0 Å². The maximum atomic E-state index is 4.81. The van der Waals surface area contributed by atoms with Crippen LogP contribution in [0.1, 0.15) is 78.7 Å². The van der Waals surface area contributed by atoms with Crippen molar-refractivity contribution in [1.29, 1.82) is 0 Å². The first-order valence-electron chi connectivity index (χ1n) is 7.40. The monoisotopic (exact) mass is 250 g/mol. The van der Waals surface area contributed by atoms with Crippen LogP contribution < -0.4 is 0 Å². The molecular formula is C16H30N2. The molecule has 0 aliphatic heterocycles. The predicted molar refractivity (Wildman–Crippen MR) is 78.9 cm³/mol. The zero-order valence-electron chi connectivity index (χ0n) is 13.2. The number of aromatic amines is 1. The van der Waals surface area contributed by atoms with E-state index in [1.807, 2.05) is 0 Å². The smallest absolute Gasteiger partial charge is 0.112 e. The van der Waals surface area contributed by atoms with Gasteiger partial charge in [-0.15, -0.1) is 0 Å². The quantitative estimate of drug-likeness (QED) is 0.765. The maximum absolute atomic E-state index is 4.81. The molecule has 2 atom stereocenters. The normalized spacial score (nSPS) is 16.0. The van der Waals surface area contributed by atoms with E-state index in [2.05, 4.69) is 59.6 Å². The molecule has 1 aromatic rings. The van der Waals surface area contributed by atoms with Gasteiger partial charge in [-0.05, 0) is 17.8 Å². The second-order valence-corrected chi connectivity index (χ2v) is 6.45. The van der Waals surface area contributed by atoms with Crippen LogP contribution in [-0.4, -0.2) is 9.97 Å². The minimum atomic E-state index is 0.122. The van der Waals surface area contributed by atoms with E-state index in [1.54, 1.807) is 0 Å². The molecule has 0 saturated heterocycles. The van der Waals surface area contributed by atoms with Crippen LogP contribution in [0.25, 0.3) is 0 Å². The van der Waals surface area contributed by atoms with Crippen LogP contribution in [0, 0.1) is 11.8 Å². The molecule has 1 rings (SSSR count). The van der Waals surface area contributed by atoms with Crippen molar-refractivity contribution in [3.63, 3.8) is 0 Å². The minimum Gasteiger partial charge on any atom is -0.348 e. The largest absolute Gasteiger partial charge is 0.348 e. The summed E-state index contributed by atoms with van der Waals surface area (Å²) >= 11 is 0. The van der Waals surface area contributed by atoms with Crippen molar-refractivity contribution in [2.24, 2.45) is 11.8 Å². The van der Waals surface area contributed by atoms with Crippen LogP contribution >= 0.6 is 0 Å². The predicted octanol–water partition coefficient (Wildman–Crippen LogP) is 4.88. The fourth-order valence-corrected chi connectivity index (χ4v) is 3.05. The van der Waals surface area contributed by atoms with Gasteiger partial charge < -0.3 is 4.98 Å². The number of nitrogens with one attached hydrogen (secondary N) is 1. The van der Waals surface area contributed by atoms with E-state index < -0.39 is 0 Å². The van der Waals surface area contributed by atoms with Crippen LogP contribution in [0.4, 0.5) is 0 Å². The highest BCUT2D eigenvalue weighted by Crippen LogP contribution is 2.38. The highest BCUT2D eigenvalue weighted by atomic mass is 14.9. The average molecular weight is 250 g/mol. The van der Waals surface area contributed by atoms with Crippen molar-refractivity contribution in [1.82, 2.24) is 9.97 Å². The SMILES string of the molecule is CCC(C)C(CC)C(C)(C)c1nc(C(C)C)c[nH]1. The summed E-state index contributed by atoms with van der Waals surface area (Å²) in [6.45, 7) is 16.0. The summed E-state index contributed by atoms with van der Waals surface area (Å²) in [6, 6.07) is 0. The first kappa shape index (κ1) is 15.3. The molecule has 1 aromatic heterocycles. The number of H-pyrrole nitrogens is 1. The van der Waals surface area contributed by atoms with Crippen LogP contribution in [-0.2, 0) is 5.41 Å². The first-order chi connectivity index (χ1) is 8.34. The van der Waals surface area contributed by atoms with Gasteiger partial charge in [0.2, 0.25) is 0 Å². The molecule has 0 spiro atoms. The molecule has 104 valence electrons. The molecule has 0 amide bonds. The zero-order chi connectivity index (χ0) is 13.9. The lowest BCUT2D eigenvalue weighted by atomic mass is 9.69. The fourth-order valence-electron chi connectivity index (χ4n) is 3.05. The molecule has 0 saturated carbocycles. The summed E-state index contributed by atoms with van der Waals surface area (Å²) in [5, 5.41) is 0. The third-order valence-electron chi connectivity index (χ3n) is 4.50. The number of hydrogen-bond acceptors (Lipinski definition) is 1. The van der Waals surface area contributed by atoms with Gasteiger partial charge in [0.05, 0.1) is 5.69 Å². The lowest BCUT2D eigenvalue weighted by Crippen LogP contribution is -2.34. The Hall–Kier alpha value is -0.790. The van der Waals surface area contributed by atoms with Gasteiger partial charge in [-0.3, -0.25) is 0 Å². The summed E-state index contributed by atoms with van der Waals surface area (Å²) in [5.41, 5.74) is 1.30. The Morgan fingerprint density at radius 2 is 1.78 bits per heavy atom. The van der Waals surface area contributed by atoms with E-state index in [-0.39, 0.29) is 5.41 Å². The molecular weight excluding hydrogens is 220 g/mol. The Morgan fingerprint density at radius 1 is 1.17 bits per heavy atom. The van der Waals surface area contributed by atoms with E-state index in [4.69, 9.17) is 4.98 Å². The lowest BCUT2D eigenvalue weighted by Gasteiger charge is -2.36. The van der Waals surface area contributed by atoms with Crippen molar-refractivity contribution in [2.45, 2.75) is 72.6 Å². The van der Waals surface area contributed by atoms with Crippen LogP contribution in [0.3, 0.4) is 0 Å². The highest BCUT2D eigenvalue weighted by molar-refractivity contribution is 5.14. The highest BCUT2D eigenvalue weighted by Gasteiger charge is 2.35. The van der Waals surface area contributed by atoms with E-state index in [1.165, 1.54) is 18.5 Å². The Labute approximate surface area is 113 Å². The second-order valence-electron chi connectivity index (χ2n) is 6.45. The minimum absolute atomic E-state index is 0.122. The van der Waals surface area contributed by atoms with Crippen LogP contribution in [0.15, 0.2) is 6.20 Å². The number of nitrogens with zero attached hydrogens (tertiary/aromatic N) is 1. The maximum Gasteiger partial charge on any atom is 0.112 e. The molecule has 0 fully saturated rings. The lowest BCUT2D eigenvalue weighted by molar-refractivity contribution is 0.205. The van der Waals surface area contributed by atoms with E-state index in [0.29, 0.717) is 11.8 Å². The molecule has 2 unspecified atom stereocenters. The van der Waals surface area contributed by atoms with E-state index in [9.17, 15) is 0 Å². The molecule has 1 N–H and O–H groups in total. The Bertz CT molecular complexity index is 363. The average Bonchev–Trinajstić information content (AvgIpc) is 2.79. The number of hydrogen-bond donors (Lipinski definition) is 1. The Kier molecular flexibility index (Phi) is 5.01. The van der Waals surface area contributed by atoms with Gasteiger partial charge in [0, 0.05) is 11.6 Å². The third kappa shape index (κ3) is 2.96. The molecule has 18 heavy (non-hydrogen) atoms. The van der Waals surface area contributed by atoms with Gasteiger partial charge in [0.25, 0.3) is 0 Å². The Balaban J connectivity index is 3.02. The van der Waals surface area contributed by atoms with Crippen molar-refractivity contribution < 1.29 is 0 Å². The van der Waals surface area contributed by atoms with Crippen LogP contribution in [0.2, 0.25) is 0 Å². The summed E-state index contributed by atoms with van der Waals surface area (Å²) < 4.78 is 0. The fraction of sp³-hybridized carbons (Fsp3) is 0.812. The van der Waals surface area contributed by atoms with Gasteiger partial charge in [-0.25, -0.2) is 4.98 Å². The van der Waals surface area contributed by atoms with Gasteiger partial charge >= 0.3 is 0 Å². The molecule has 0 aliphatic carbocycles. The summed E-state index contributed by atoms with van der Waals surface area (Å²) in [4.78, 5) is 8.22. The first-order valence-corrected chi connectivity index (χ1v) is 7.40. The van der Waals surface area contributed by atoms with Gasteiger partial charge in [0.1, 0.15) is 5.82 Å². The molecule has 0 aromatic carbocycles. The van der Waals surface area contributed by atoms with Crippen molar-refractivity contribution in [3.05, 3.63) is 17.7 Å². The Morgan fingerprint density at radius 3 is 2.17 bits per heavy atom. The third-order valence-corrected chi connectivity index (χ3v) is 4.50. The van der Waals surface area contributed by atoms with E-state index >= 15 is 0 Å². The summed E-state index contributed by atoms with van der Waals surface area (Å²) in [5.74, 6) is 3.05. The van der Waals surface area contributed by atoms with Gasteiger partial charge in [0.15, 0.2) is 0 Å². The van der Waals surface area contributed by atoms with Crippen LogP contribution in [0.5, 0.6) is 0 Å². The standard InChI is InChI=1S/C16H30N2/c1-8-12(5)13(9-2)16(6,7)15-17-10-14(18-15)11(3)4/h10-13H,8-9H2,1-7H3,(H,17,18). The number of imidazole rings is 1. The summed E-state index contributed by atoms with van der Waals surface area (Å²) in [6.07, 6.45) is 4.52. The van der Waals surface area contributed by atoms with Crippen molar-refractivity contribution in [2.75, 3.05) is 0 Å². The zero-order valence-corrected chi connectivity index (χ0v) is 13.2. The van der Waals surface area contributed by atoms with Crippen molar-refractivity contribution in [3.8, 4) is 0 Å². The number of aromatic nitrogens is 2. The van der Waals surface area contributed by atoms with Gasteiger partial charge in [-0.1, -0.05) is 61.3 Å². The summed E-state index contributed by atoms with van der Waals surface area (Å²) in [7, 11) is 0. The molecule has 0 radical (unpaired) electrons.